The van der Waals surface area contributed by atoms with Gasteiger partial charge in [0.15, 0.2) is 0 Å². The van der Waals surface area contributed by atoms with Crippen molar-refractivity contribution in [1.82, 2.24) is 15.3 Å². The van der Waals surface area contributed by atoms with Crippen LogP contribution in [0, 0.1) is 0 Å². The van der Waals surface area contributed by atoms with Gasteiger partial charge in [-0.2, -0.15) is 0 Å². The second kappa shape index (κ2) is 8.97. The Hall–Kier alpha value is -2.92. The van der Waals surface area contributed by atoms with Crippen LogP contribution in [-0.2, 0) is 13.0 Å². The van der Waals surface area contributed by atoms with Crippen LogP contribution >= 0.6 is 11.6 Å². The third-order valence-corrected chi connectivity index (χ3v) is 4.04. The van der Waals surface area contributed by atoms with Crippen LogP contribution in [0.2, 0.25) is 5.02 Å². The number of halogens is 1. The minimum Gasteiger partial charge on any atom is -0.370 e. The van der Waals surface area contributed by atoms with E-state index < -0.39 is 0 Å². The summed E-state index contributed by atoms with van der Waals surface area (Å²) in [4.78, 5) is 20.6. The SMILES string of the molecule is O=C(NCc1cccnc1)c1ccnc(NCCc2cccc(Cl)c2)c1. The third-order valence-electron chi connectivity index (χ3n) is 3.81. The van der Waals surface area contributed by atoms with E-state index in [4.69, 9.17) is 11.6 Å². The van der Waals surface area contributed by atoms with Crippen molar-refractivity contribution < 1.29 is 4.79 Å². The van der Waals surface area contributed by atoms with E-state index in [1.54, 1.807) is 30.7 Å². The summed E-state index contributed by atoms with van der Waals surface area (Å²) in [6.45, 7) is 1.14. The lowest BCUT2D eigenvalue weighted by Crippen LogP contribution is -2.23. The highest BCUT2D eigenvalue weighted by molar-refractivity contribution is 6.30. The monoisotopic (exact) mass is 366 g/mol. The van der Waals surface area contributed by atoms with Crippen molar-refractivity contribution in [2.45, 2.75) is 13.0 Å². The second-order valence-electron chi connectivity index (χ2n) is 5.78. The van der Waals surface area contributed by atoms with Crippen molar-refractivity contribution in [3.8, 4) is 0 Å². The van der Waals surface area contributed by atoms with E-state index in [0.29, 0.717) is 24.5 Å². The van der Waals surface area contributed by atoms with E-state index >= 15 is 0 Å². The summed E-state index contributed by atoms with van der Waals surface area (Å²) in [6, 6.07) is 15.0. The predicted octanol–water partition coefficient (Wildman–Crippen LogP) is 3.71. The molecule has 0 bridgehead atoms. The molecule has 5 nitrogen and oxygen atoms in total. The molecule has 2 N–H and O–H groups in total. The van der Waals surface area contributed by atoms with Crippen LogP contribution in [0.3, 0.4) is 0 Å². The van der Waals surface area contributed by atoms with Crippen molar-refractivity contribution in [3.05, 3.63) is 88.8 Å². The molecule has 0 aliphatic heterocycles. The first-order valence-corrected chi connectivity index (χ1v) is 8.70. The molecule has 0 atom stereocenters. The maximum atomic E-state index is 12.3. The smallest absolute Gasteiger partial charge is 0.251 e. The first-order valence-electron chi connectivity index (χ1n) is 8.32. The van der Waals surface area contributed by atoms with E-state index in [9.17, 15) is 4.79 Å². The topological polar surface area (TPSA) is 66.9 Å². The Balaban J connectivity index is 1.53. The van der Waals surface area contributed by atoms with E-state index in [1.807, 2.05) is 36.4 Å². The highest BCUT2D eigenvalue weighted by atomic mass is 35.5. The van der Waals surface area contributed by atoms with Crippen LogP contribution in [0.15, 0.2) is 67.1 Å². The Bertz CT molecular complexity index is 870. The van der Waals surface area contributed by atoms with Crippen molar-refractivity contribution in [1.29, 1.82) is 0 Å². The number of carbonyl (C=O) groups is 1. The third kappa shape index (κ3) is 5.29. The first-order chi connectivity index (χ1) is 12.7. The number of carbonyl (C=O) groups excluding carboxylic acids is 1. The van der Waals surface area contributed by atoms with Crippen molar-refractivity contribution in [2.24, 2.45) is 0 Å². The van der Waals surface area contributed by atoms with Gasteiger partial charge in [0.2, 0.25) is 0 Å². The number of pyridine rings is 2. The summed E-state index contributed by atoms with van der Waals surface area (Å²) in [5, 5.41) is 6.85. The molecule has 0 fully saturated rings. The Morgan fingerprint density at radius 3 is 2.73 bits per heavy atom. The molecule has 0 saturated heterocycles. The van der Waals surface area contributed by atoms with Gasteiger partial charge in [0.25, 0.3) is 5.91 Å². The fraction of sp³-hybridized carbons (Fsp3) is 0.150. The Morgan fingerprint density at radius 2 is 1.92 bits per heavy atom. The summed E-state index contributed by atoms with van der Waals surface area (Å²) in [5.41, 5.74) is 2.67. The summed E-state index contributed by atoms with van der Waals surface area (Å²) < 4.78 is 0. The normalized spacial score (nSPS) is 10.3. The second-order valence-corrected chi connectivity index (χ2v) is 6.22. The average Bonchev–Trinajstić information content (AvgIpc) is 2.67. The molecule has 2 aromatic heterocycles. The number of amides is 1. The molecule has 3 aromatic rings. The number of rotatable bonds is 7. The molecule has 0 spiro atoms. The van der Waals surface area contributed by atoms with Gasteiger partial charge in [-0.15, -0.1) is 0 Å². The van der Waals surface area contributed by atoms with Gasteiger partial charge in [-0.25, -0.2) is 4.98 Å². The van der Waals surface area contributed by atoms with E-state index in [1.165, 1.54) is 0 Å². The number of nitrogens with zero attached hydrogens (tertiary/aromatic N) is 2. The van der Waals surface area contributed by atoms with E-state index in [2.05, 4.69) is 20.6 Å². The molecule has 2 heterocycles. The van der Waals surface area contributed by atoms with Gasteiger partial charge in [-0.3, -0.25) is 9.78 Å². The van der Waals surface area contributed by atoms with E-state index in [-0.39, 0.29) is 5.91 Å². The molecule has 3 rings (SSSR count). The van der Waals surface area contributed by atoms with Crippen molar-refractivity contribution in [2.75, 3.05) is 11.9 Å². The number of aromatic nitrogens is 2. The van der Waals surface area contributed by atoms with Crippen LogP contribution < -0.4 is 10.6 Å². The molecule has 0 aliphatic carbocycles. The summed E-state index contributed by atoms with van der Waals surface area (Å²) in [6.07, 6.45) is 5.88. The van der Waals surface area contributed by atoms with Gasteiger partial charge in [0.1, 0.15) is 5.82 Å². The van der Waals surface area contributed by atoms with Gasteiger partial charge < -0.3 is 10.6 Å². The van der Waals surface area contributed by atoms with Crippen LogP contribution in [0.4, 0.5) is 5.82 Å². The number of hydrogen-bond donors (Lipinski definition) is 2. The molecule has 0 radical (unpaired) electrons. The maximum Gasteiger partial charge on any atom is 0.251 e. The first kappa shape index (κ1) is 17.9. The quantitative estimate of drug-likeness (QED) is 0.668. The van der Waals surface area contributed by atoms with E-state index in [0.717, 1.165) is 22.6 Å². The highest BCUT2D eigenvalue weighted by Gasteiger charge is 2.07. The summed E-state index contributed by atoms with van der Waals surface area (Å²) in [5.74, 6) is 0.523. The van der Waals surface area contributed by atoms with Crippen molar-refractivity contribution in [3.63, 3.8) is 0 Å². The molecule has 0 unspecified atom stereocenters. The molecule has 6 heteroatoms. The molecule has 0 saturated carbocycles. The zero-order valence-corrected chi connectivity index (χ0v) is 14.9. The van der Waals surface area contributed by atoms with Crippen LogP contribution in [0.1, 0.15) is 21.5 Å². The summed E-state index contributed by atoms with van der Waals surface area (Å²) in [7, 11) is 0. The highest BCUT2D eigenvalue weighted by Crippen LogP contribution is 2.12. The van der Waals surface area contributed by atoms with Crippen LogP contribution in [0.25, 0.3) is 0 Å². The fourth-order valence-electron chi connectivity index (χ4n) is 2.48. The lowest BCUT2D eigenvalue weighted by molar-refractivity contribution is 0.0951. The number of anilines is 1. The van der Waals surface area contributed by atoms with Crippen molar-refractivity contribution >= 4 is 23.3 Å². The Kier molecular flexibility index (Phi) is 6.17. The number of nitrogens with one attached hydrogen (secondary N) is 2. The average molecular weight is 367 g/mol. The zero-order valence-electron chi connectivity index (χ0n) is 14.2. The van der Waals surface area contributed by atoms with Gasteiger partial charge in [0.05, 0.1) is 0 Å². The van der Waals surface area contributed by atoms with Gasteiger partial charge in [-0.05, 0) is 47.9 Å². The van der Waals surface area contributed by atoms with Gasteiger partial charge in [-0.1, -0.05) is 29.8 Å². The molecule has 1 aromatic carbocycles. The standard InChI is InChI=1S/C20H19ClN4O/c21-18-5-1-3-15(11-18)6-9-23-19-12-17(7-10-24-19)20(26)25-14-16-4-2-8-22-13-16/h1-5,7-8,10-13H,6,9,14H2,(H,23,24)(H,25,26). The largest absolute Gasteiger partial charge is 0.370 e. The molecular formula is C20H19ClN4O. The predicted molar refractivity (Wildman–Crippen MR) is 103 cm³/mol. The van der Waals surface area contributed by atoms with Crippen LogP contribution in [0.5, 0.6) is 0 Å². The molecule has 1 amide bonds. The maximum absolute atomic E-state index is 12.3. The molecule has 0 aliphatic rings. The minimum atomic E-state index is -0.144. The van der Waals surface area contributed by atoms with Crippen LogP contribution in [-0.4, -0.2) is 22.4 Å². The Labute approximate surface area is 157 Å². The number of hydrogen-bond acceptors (Lipinski definition) is 4. The lowest BCUT2D eigenvalue weighted by Gasteiger charge is -2.09. The van der Waals surface area contributed by atoms with Gasteiger partial charge >= 0.3 is 0 Å². The lowest BCUT2D eigenvalue weighted by atomic mass is 10.1. The molecule has 132 valence electrons. The van der Waals surface area contributed by atoms with Gasteiger partial charge in [0, 0.05) is 42.3 Å². The number of benzene rings is 1. The zero-order chi connectivity index (χ0) is 18.2. The molecular weight excluding hydrogens is 348 g/mol. The fourth-order valence-corrected chi connectivity index (χ4v) is 2.70. The Morgan fingerprint density at radius 1 is 1.04 bits per heavy atom. The minimum absolute atomic E-state index is 0.144. The summed E-state index contributed by atoms with van der Waals surface area (Å²) >= 11 is 5.99. The molecule has 26 heavy (non-hydrogen) atoms.